The molecule has 0 aliphatic carbocycles. The number of ether oxygens (including phenoxy) is 1. The van der Waals surface area contributed by atoms with Gasteiger partial charge in [-0.15, -0.1) is 0 Å². The van der Waals surface area contributed by atoms with Crippen molar-refractivity contribution >= 4 is 22.6 Å². The number of fused-ring (bicyclic) bond motifs is 2. The van der Waals surface area contributed by atoms with Crippen LogP contribution in [0.1, 0.15) is 50.0 Å². The highest BCUT2D eigenvalue weighted by Crippen LogP contribution is 2.27. The van der Waals surface area contributed by atoms with Gasteiger partial charge in [-0.3, -0.25) is 14.5 Å². The summed E-state index contributed by atoms with van der Waals surface area (Å²) in [5.74, 6) is -0.0180. The van der Waals surface area contributed by atoms with Crippen LogP contribution in [0.15, 0.2) is 36.5 Å². The van der Waals surface area contributed by atoms with E-state index in [4.69, 9.17) is 9.72 Å². The van der Waals surface area contributed by atoms with Crippen LogP contribution >= 0.6 is 0 Å². The van der Waals surface area contributed by atoms with Crippen LogP contribution in [0, 0.1) is 0 Å². The Morgan fingerprint density at radius 1 is 1.33 bits per heavy atom. The Hall–Kier alpha value is -3.09. The predicted molar refractivity (Wildman–Crippen MR) is 116 cm³/mol. The summed E-state index contributed by atoms with van der Waals surface area (Å²) in [6.07, 6.45) is 6.45. The second kappa shape index (κ2) is 9.15. The fraction of sp³-hybridized carbons (Fsp3) is 0.435. The number of hydrogen-bond donors (Lipinski definition) is 2. The lowest BCUT2D eigenvalue weighted by molar-refractivity contribution is -0.138. The fourth-order valence-electron chi connectivity index (χ4n) is 4.05. The predicted octanol–water partition coefficient (Wildman–Crippen LogP) is 4.23. The number of nitrogens with one attached hydrogen (secondary N) is 1. The molecule has 2 N–H and O–H groups in total. The maximum Gasteiger partial charge on any atom is 0.305 e. The molecule has 2 aromatic heterocycles. The third-order valence-corrected chi connectivity index (χ3v) is 5.51. The number of benzene rings is 1. The largest absolute Gasteiger partial charge is 0.493 e. The minimum absolute atomic E-state index is 0.0756. The van der Waals surface area contributed by atoms with Crippen LogP contribution in [-0.4, -0.2) is 39.0 Å². The highest BCUT2D eigenvalue weighted by atomic mass is 16.5. The highest BCUT2D eigenvalue weighted by molar-refractivity contribution is 5.80. The van der Waals surface area contributed by atoms with E-state index in [1.807, 2.05) is 22.9 Å². The minimum atomic E-state index is -0.802. The summed E-state index contributed by atoms with van der Waals surface area (Å²) in [5, 5.41) is 18.0. The van der Waals surface area contributed by atoms with Crippen LogP contribution < -0.4 is 10.1 Å². The number of nitrogens with zero attached hydrogens (tertiary/aromatic N) is 3. The molecule has 0 spiro atoms. The number of aliphatic carboxylic acids is 1. The summed E-state index contributed by atoms with van der Waals surface area (Å²) in [6.45, 7) is 3.63. The Bertz CT molecular complexity index is 1030. The second-order valence-corrected chi connectivity index (χ2v) is 7.78. The number of aryl methyl sites for hydroxylation is 1. The summed E-state index contributed by atoms with van der Waals surface area (Å²) in [5.41, 5.74) is 4.28. The van der Waals surface area contributed by atoms with Crippen molar-refractivity contribution in [3.63, 3.8) is 0 Å². The van der Waals surface area contributed by atoms with E-state index >= 15 is 0 Å². The number of carbonyl (C=O) groups is 1. The molecule has 3 aromatic rings. The smallest absolute Gasteiger partial charge is 0.305 e. The molecule has 0 fully saturated rings. The van der Waals surface area contributed by atoms with Crippen molar-refractivity contribution in [2.45, 2.75) is 51.5 Å². The number of carboxylic acid groups (broad SMARTS) is 1. The molecular weight excluding hydrogens is 380 g/mol. The number of carboxylic acids is 1. The molecule has 0 saturated carbocycles. The fourth-order valence-corrected chi connectivity index (χ4v) is 4.05. The number of anilines is 1. The van der Waals surface area contributed by atoms with Crippen LogP contribution in [0.3, 0.4) is 0 Å². The molecule has 7 heteroatoms. The first-order valence-electron chi connectivity index (χ1n) is 10.7. The first-order valence-corrected chi connectivity index (χ1v) is 10.7. The Kier molecular flexibility index (Phi) is 6.16. The summed E-state index contributed by atoms with van der Waals surface area (Å²) >= 11 is 0. The van der Waals surface area contributed by atoms with E-state index in [0.29, 0.717) is 6.61 Å². The van der Waals surface area contributed by atoms with Gasteiger partial charge in [0.1, 0.15) is 5.75 Å². The van der Waals surface area contributed by atoms with E-state index in [0.717, 1.165) is 72.4 Å². The highest BCUT2D eigenvalue weighted by Gasteiger charge is 2.18. The molecule has 1 aliphatic heterocycles. The van der Waals surface area contributed by atoms with Gasteiger partial charge >= 0.3 is 5.97 Å². The average Bonchev–Trinajstić information content (AvgIpc) is 3.16. The lowest BCUT2D eigenvalue weighted by Crippen LogP contribution is -2.15. The molecule has 0 bridgehead atoms. The second-order valence-electron chi connectivity index (χ2n) is 7.78. The standard InChI is InChI=1S/C23H28N4O3/c1-2-4-18(14-23(28)29)27-22-9-7-19(13-16(22)15-25-27)30-12-10-17-6-8-20-21(26-17)5-3-11-24-20/h6-9,13,15,18,24H,2-5,10-12,14H2,1H3,(H,28,29). The van der Waals surface area contributed by atoms with Crippen molar-refractivity contribution in [2.24, 2.45) is 0 Å². The number of hydrogen-bond acceptors (Lipinski definition) is 5. The molecule has 7 nitrogen and oxygen atoms in total. The lowest BCUT2D eigenvalue weighted by Gasteiger charge is -2.17. The normalized spacial score (nSPS) is 14.2. The van der Waals surface area contributed by atoms with E-state index in [1.165, 1.54) is 0 Å². The van der Waals surface area contributed by atoms with E-state index in [2.05, 4.69) is 29.5 Å². The van der Waals surface area contributed by atoms with Crippen molar-refractivity contribution in [1.82, 2.24) is 14.8 Å². The van der Waals surface area contributed by atoms with Crippen LogP contribution in [-0.2, 0) is 17.6 Å². The quantitative estimate of drug-likeness (QED) is 0.551. The van der Waals surface area contributed by atoms with Crippen LogP contribution in [0.25, 0.3) is 10.9 Å². The molecule has 158 valence electrons. The molecule has 4 rings (SSSR count). The molecule has 1 aromatic carbocycles. The third-order valence-electron chi connectivity index (χ3n) is 5.51. The van der Waals surface area contributed by atoms with Crippen molar-refractivity contribution in [3.8, 4) is 5.75 Å². The summed E-state index contributed by atoms with van der Waals surface area (Å²) in [7, 11) is 0. The molecule has 0 amide bonds. The number of aromatic nitrogens is 3. The Balaban J connectivity index is 1.41. The molecular formula is C23H28N4O3. The van der Waals surface area contributed by atoms with E-state index in [9.17, 15) is 9.90 Å². The Labute approximate surface area is 176 Å². The maximum atomic E-state index is 11.2. The average molecular weight is 409 g/mol. The van der Waals surface area contributed by atoms with Crippen molar-refractivity contribution < 1.29 is 14.6 Å². The zero-order valence-corrected chi connectivity index (χ0v) is 17.3. The first-order chi connectivity index (χ1) is 14.6. The van der Waals surface area contributed by atoms with Gasteiger partial charge in [-0.05, 0) is 49.6 Å². The Morgan fingerprint density at radius 2 is 2.23 bits per heavy atom. The zero-order valence-electron chi connectivity index (χ0n) is 17.3. The molecule has 3 heterocycles. The van der Waals surface area contributed by atoms with Gasteiger partial charge in [0.25, 0.3) is 0 Å². The summed E-state index contributed by atoms with van der Waals surface area (Å²) < 4.78 is 7.79. The van der Waals surface area contributed by atoms with Crippen molar-refractivity contribution in [3.05, 3.63) is 47.9 Å². The van der Waals surface area contributed by atoms with Crippen LogP contribution in [0.2, 0.25) is 0 Å². The zero-order chi connectivity index (χ0) is 20.9. The van der Waals surface area contributed by atoms with E-state index < -0.39 is 5.97 Å². The van der Waals surface area contributed by atoms with Gasteiger partial charge in [-0.25, -0.2) is 0 Å². The van der Waals surface area contributed by atoms with Gasteiger partial charge in [0.2, 0.25) is 0 Å². The van der Waals surface area contributed by atoms with Gasteiger partial charge in [-0.1, -0.05) is 13.3 Å². The van der Waals surface area contributed by atoms with Crippen LogP contribution in [0.5, 0.6) is 5.75 Å². The topological polar surface area (TPSA) is 89.3 Å². The maximum absolute atomic E-state index is 11.2. The van der Waals surface area contributed by atoms with Crippen LogP contribution in [0.4, 0.5) is 5.69 Å². The van der Waals surface area contributed by atoms with Crippen molar-refractivity contribution in [1.29, 1.82) is 0 Å². The minimum Gasteiger partial charge on any atom is -0.493 e. The molecule has 0 radical (unpaired) electrons. The molecule has 1 atom stereocenters. The van der Waals surface area contributed by atoms with Gasteiger partial charge < -0.3 is 15.2 Å². The molecule has 0 saturated heterocycles. The number of pyridine rings is 1. The monoisotopic (exact) mass is 408 g/mol. The van der Waals surface area contributed by atoms with Crippen molar-refractivity contribution in [2.75, 3.05) is 18.5 Å². The van der Waals surface area contributed by atoms with Gasteiger partial charge in [-0.2, -0.15) is 5.10 Å². The third kappa shape index (κ3) is 4.56. The van der Waals surface area contributed by atoms with E-state index in [-0.39, 0.29) is 12.5 Å². The Morgan fingerprint density at radius 3 is 3.07 bits per heavy atom. The van der Waals surface area contributed by atoms with E-state index in [1.54, 1.807) is 6.20 Å². The first kappa shape index (κ1) is 20.2. The SMILES string of the molecule is CCCC(CC(=O)O)n1ncc2cc(OCCc3ccc4c(n3)CCCN4)ccc21. The van der Waals surface area contributed by atoms with Gasteiger partial charge in [0.05, 0.1) is 42.2 Å². The molecule has 30 heavy (non-hydrogen) atoms. The molecule has 1 unspecified atom stereocenters. The number of rotatable bonds is 9. The summed E-state index contributed by atoms with van der Waals surface area (Å²) in [4.78, 5) is 16.0. The van der Waals surface area contributed by atoms with Gasteiger partial charge in [0, 0.05) is 24.0 Å². The lowest BCUT2D eigenvalue weighted by atomic mass is 10.1. The summed E-state index contributed by atoms with van der Waals surface area (Å²) in [6, 6.07) is 9.89. The molecule has 1 aliphatic rings. The van der Waals surface area contributed by atoms with Gasteiger partial charge in [0.15, 0.2) is 0 Å².